The molecule has 0 bridgehead atoms. The van der Waals surface area contributed by atoms with E-state index < -0.39 is 5.41 Å². The largest absolute Gasteiger partial charge is 0.493 e. The van der Waals surface area contributed by atoms with Gasteiger partial charge in [0.15, 0.2) is 0 Å². The summed E-state index contributed by atoms with van der Waals surface area (Å²) in [6.45, 7) is 5.98. The average Bonchev–Trinajstić information content (AvgIpc) is 3.35. The zero-order valence-electron chi connectivity index (χ0n) is 22.4. The zero-order valence-corrected chi connectivity index (χ0v) is 23.1. The first-order valence-electron chi connectivity index (χ1n) is 13.1. The summed E-state index contributed by atoms with van der Waals surface area (Å²) in [6, 6.07) is 18.9. The number of carbonyl (C=O) groups excluding carboxylic acids is 2. The van der Waals surface area contributed by atoms with Gasteiger partial charge in [-0.2, -0.15) is 0 Å². The highest BCUT2D eigenvalue weighted by Gasteiger charge is 2.41. The maximum Gasteiger partial charge on any atom is 0.292 e. The Hall–Kier alpha value is -3.32. The van der Waals surface area contributed by atoms with Crippen LogP contribution in [-0.4, -0.2) is 53.5 Å². The first-order valence-corrected chi connectivity index (χ1v) is 13.5. The van der Waals surface area contributed by atoms with Crippen LogP contribution >= 0.6 is 11.6 Å². The van der Waals surface area contributed by atoms with Gasteiger partial charge in [-0.15, -0.1) is 0 Å². The molecule has 3 aromatic rings. The molecule has 0 spiro atoms. The fourth-order valence-corrected chi connectivity index (χ4v) is 5.15. The molecular formula is C30H36ClN3O4. The normalized spacial score (nSPS) is 17.4. The second kappa shape index (κ2) is 12.5. The number of hydrogen-bond donors (Lipinski definition) is 0. The van der Waals surface area contributed by atoms with Crippen molar-refractivity contribution in [3.63, 3.8) is 0 Å². The van der Waals surface area contributed by atoms with E-state index in [0.29, 0.717) is 36.3 Å². The Morgan fingerprint density at radius 1 is 1.16 bits per heavy atom. The fraction of sp³-hybridized carbons (Fsp3) is 0.433. The van der Waals surface area contributed by atoms with Crippen molar-refractivity contribution in [3.8, 4) is 5.75 Å². The summed E-state index contributed by atoms with van der Waals surface area (Å²) in [4.78, 5) is 30.4. The van der Waals surface area contributed by atoms with Gasteiger partial charge >= 0.3 is 0 Å². The van der Waals surface area contributed by atoms with E-state index in [1.165, 1.54) is 0 Å². The van der Waals surface area contributed by atoms with E-state index >= 15 is 0 Å². The number of carbonyl (C=O) groups is 2. The molecule has 1 aliphatic rings. The minimum absolute atomic E-state index is 0.0109. The Labute approximate surface area is 229 Å². The fourth-order valence-electron chi connectivity index (χ4n) is 4.97. The van der Waals surface area contributed by atoms with Crippen LogP contribution in [0.3, 0.4) is 0 Å². The van der Waals surface area contributed by atoms with Crippen LogP contribution in [0.1, 0.15) is 54.9 Å². The van der Waals surface area contributed by atoms with Gasteiger partial charge in [-0.1, -0.05) is 67.0 Å². The summed E-state index contributed by atoms with van der Waals surface area (Å²) >= 11 is 6.16. The van der Waals surface area contributed by atoms with Gasteiger partial charge in [-0.3, -0.25) is 9.59 Å². The topological polar surface area (TPSA) is 75.9 Å². The van der Waals surface area contributed by atoms with Gasteiger partial charge in [0.05, 0.1) is 12.3 Å². The Balaban J connectivity index is 1.51. The van der Waals surface area contributed by atoms with Crippen molar-refractivity contribution in [3.05, 3.63) is 82.7 Å². The minimum Gasteiger partial charge on any atom is -0.493 e. The third-order valence-corrected chi connectivity index (χ3v) is 7.13. The van der Waals surface area contributed by atoms with Crippen molar-refractivity contribution < 1.29 is 18.8 Å². The number of rotatable bonds is 10. The van der Waals surface area contributed by atoms with Crippen molar-refractivity contribution in [2.45, 2.75) is 46.1 Å². The molecule has 202 valence electrons. The predicted octanol–water partition coefficient (Wildman–Crippen LogP) is 5.88. The van der Waals surface area contributed by atoms with Gasteiger partial charge in [0, 0.05) is 49.6 Å². The summed E-state index contributed by atoms with van der Waals surface area (Å²) in [5.41, 5.74) is 1.28. The third-order valence-electron chi connectivity index (χ3n) is 6.89. The minimum atomic E-state index is -0.557. The molecule has 0 aliphatic carbocycles. The SMILES string of the molecule is CC(C)Cc1cc(C(=O)N2CCCC(COc3cccc(Cl)c3)(CC(=O)N(C)Cc3ccccc3)C2)on1. The number of piperidine rings is 1. The van der Waals surface area contributed by atoms with Gasteiger partial charge in [-0.25, -0.2) is 0 Å². The highest BCUT2D eigenvalue weighted by Crippen LogP contribution is 2.36. The molecule has 1 atom stereocenters. The Morgan fingerprint density at radius 3 is 2.68 bits per heavy atom. The molecule has 38 heavy (non-hydrogen) atoms. The lowest BCUT2D eigenvalue weighted by molar-refractivity contribution is -0.134. The monoisotopic (exact) mass is 537 g/mol. The van der Waals surface area contributed by atoms with E-state index in [9.17, 15) is 9.59 Å². The number of aromatic nitrogens is 1. The molecule has 1 aliphatic heterocycles. The standard InChI is InChI=1S/C30H36ClN3O4/c1-22(2)15-25-17-27(38-32-25)29(36)34-14-8-13-30(20-34,21-37-26-12-7-11-24(31)16-26)18-28(35)33(3)19-23-9-5-4-6-10-23/h4-7,9-12,16-17,22H,8,13-15,18-21H2,1-3H3. The number of halogens is 1. The van der Waals surface area contributed by atoms with Crippen molar-refractivity contribution in [1.29, 1.82) is 0 Å². The van der Waals surface area contributed by atoms with Crippen LogP contribution in [0.15, 0.2) is 65.2 Å². The highest BCUT2D eigenvalue weighted by atomic mass is 35.5. The van der Waals surface area contributed by atoms with Crippen LogP contribution in [0.2, 0.25) is 5.02 Å². The molecule has 0 saturated carbocycles. The Bertz CT molecular complexity index is 1230. The average molecular weight is 538 g/mol. The van der Waals surface area contributed by atoms with E-state index in [-0.39, 0.29) is 30.6 Å². The van der Waals surface area contributed by atoms with Crippen molar-refractivity contribution in [2.24, 2.45) is 11.3 Å². The number of ether oxygens (including phenoxy) is 1. The first-order chi connectivity index (χ1) is 18.2. The Kier molecular flexibility index (Phi) is 9.10. The van der Waals surface area contributed by atoms with E-state index in [2.05, 4.69) is 19.0 Å². The molecular weight excluding hydrogens is 502 g/mol. The second-order valence-corrected chi connectivity index (χ2v) is 11.2. The highest BCUT2D eigenvalue weighted by molar-refractivity contribution is 6.30. The Morgan fingerprint density at radius 2 is 1.95 bits per heavy atom. The molecule has 4 rings (SSSR count). The molecule has 1 fully saturated rings. The number of amides is 2. The molecule has 2 amide bonds. The third kappa shape index (κ3) is 7.38. The van der Waals surface area contributed by atoms with Crippen LogP contribution in [-0.2, 0) is 17.8 Å². The second-order valence-electron chi connectivity index (χ2n) is 10.8. The van der Waals surface area contributed by atoms with Gasteiger partial charge in [0.25, 0.3) is 5.91 Å². The molecule has 2 heterocycles. The van der Waals surface area contributed by atoms with E-state index in [1.54, 1.807) is 28.0 Å². The van der Waals surface area contributed by atoms with E-state index in [0.717, 1.165) is 30.5 Å². The van der Waals surface area contributed by atoms with Crippen molar-refractivity contribution >= 4 is 23.4 Å². The zero-order chi connectivity index (χ0) is 27.1. The molecule has 0 radical (unpaired) electrons. The van der Waals surface area contributed by atoms with Crippen molar-refractivity contribution in [1.82, 2.24) is 15.0 Å². The van der Waals surface area contributed by atoms with E-state index in [1.807, 2.05) is 49.5 Å². The van der Waals surface area contributed by atoms with Gasteiger partial charge in [0.1, 0.15) is 5.75 Å². The molecule has 0 N–H and O–H groups in total. The van der Waals surface area contributed by atoms with Crippen LogP contribution in [0, 0.1) is 11.3 Å². The summed E-state index contributed by atoms with van der Waals surface area (Å²) in [5, 5.41) is 4.67. The number of nitrogens with zero attached hydrogens (tertiary/aromatic N) is 3. The maximum atomic E-state index is 13.5. The lowest BCUT2D eigenvalue weighted by atomic mass is 9.77. The predicted molar refractivity (Wildman–Crippen MR) is 147 cm³/mol. The number of likely N-dealkylation sites (tertiary alicyclic amines) is 1. The smallest absolute Gasteiger partial charge is 0.292 e. The van der Waals surface area contributed by atoms with Gasteiger partial charge in [0.2, 0.25) is 11.7 Å². The lowest BCUT2D eigenvalue weighted by Gasteiger charge is -2.42. The number of benzene rings is 2. The molecule has 2 aromatic carbocycles. The lowest BCUT2D eigenvalue weighted by Crippen LogP contribution is -2.50. The summed E-state index contributed by atoms with van der Waals surface area (Å²) in [5.74, 6) is 1.09. The summed E-state index contributed by atoms with van der Waals surface area (Å²) in [7, 11) is 1.82. The van der Waals surface area contributed by atoms with Gasteiger partial charge < -0.3 is 19.1 Å². The van der Waals surface area contributed by atoms with Crippen LogP contribution in [0.5, 0.6) is 5.75 Å². The molecule has 1 aromatic heterocycles. The summed E-state index contributed by atoms with van der Waals surface area (Å²) in [6.07, 6.45) is 2.52. The van der Waals surface area contributed by atoms with Crippen LogP contribution in [0.25, 0.3) is 0 Å². The van der Waals surface area contributed by atoms with Crippen LogP contribution in [0.4, 0.5) is 0 Å². The molecule has 1 saturated heterocycles. The van der Waals surface area contributed by atoms with Gasteiger partial charge in [-0.05, 0) is 48.9 Å². The maximum absolute atomic E-state index is 13.5. The molecule has 1 unspecified atom stereocenters. The van der Waals surface area contributed by atoms with E-state index in [4.69, 9.17) is 20.9 Å². The quantitative estimate of drug-likeness (QED) is 0.323. The molecule has 7 nitrogen and oxygen atoms in total. The first kappa shape index (κ1) is 27.7. The summed E-state index contributed by atoms with van der Waals surface area (Å²) < 4.78 is 11.6. The molecule has 8 heteroatoms. The van der Waals surface area contributed by atoms with Crippen molar-refractivity contribution in [2.75, 3.05) is 26.7 Å². The number of hydrogen-bond acceptors (Lipinski definition) is 5. The van der Waals surface area contributed by atoms with Crippen LogP contribution < -0.4 is 4.74 Å².